The molecule has 0 amide bonds. The fraction of sp³-hybridized carbons (Fsp3) is 0.583. The molecule has 0 radical (unpaired) electrons. The maximum absolute atomic E-state index is 8.63. The van der Waals surface area contributed by atoms with Crippen LogP contribution in [0.25, 0.3) is 0 Å². The molecule has 0 aliphatic heterocycles. The second-order valence-corrected chi connectivity index (χ2v) is 4.27. The van der Waals surface area contributed by atoms with Gasteiger partial charge in [0.2, 0.25) is 0 Å². The van der Waals surface area contributed by atoms with E-state index in [4.69, 9.17) is 11.0 Å². The topological polar surface area (TPSA) is 78.8 Å². The van der Waals surface area contributed by atoms with Crippen LogP contribution >= 0.6 is 0 Å². The first-order valence-corrected chi connectivity index (χ1v) is 6.01. The van der Waals surface area contributed by atoms with Crippen molar-refractivity contribution >= 4 is 11.6 Å². The Morgan fingerprint density at radius 2 is 2.29 bits per heavy atom. The van der Waals surface area contributed by atoms with Gasteiger partial charge in [0.15, 0.2) is 0 Å². The summed E-state index contributed by atoms with van der Waals surface area (Å²) in [4.78, 5) is 10.9. The highest BCUT2D eigenvalue weighted by Crippen LogP contribution is 2.38. The molecule has 17 heavy (non-hydrogen) atoms. The smallest absolute Gasteiger partial charge is 0.136 e. The van der Waals surface area contributed by atoms with Crippen molar-refractivity contribution < 1.29 is 0 Å². The van der Waals surface area contributed by atoms with E-state index in [2.05, 4.69) is 20.9 Å². The van der Waals surface area contributed by atoms with Crippen LogP contribution in [0.4, 0.5) is 11.6 Å². The van der Waals surface area contributed by atoms with Gasteiger partial charge in [-0.15, -0.1) is 0 Å². The van der Waals surface area contributed by atoms with Gasteiger partial charge in [0.1, 0.15) is 17.5 Å². The van der Waals surface area contributed by atoms with Gasteiger partial charge in [-0.2, -0.15) is 5.26 Å². The zero-order valence-electron chi connectivity index (χ0n) is 10.1. The van der Waals surface area contributed by atoms with Crippen LogP contribution in [-0.2, 0) is 0 Å². The molecular formula is C12H17N5. The number of nitrogen functional groups attached to an aromatic ring is 1. The third-order valence-electron chi connectivity index (χ3n) is 2.89. The van der Waals surface area contributed by atoms with Crippen LogP contribution < -0.4 is 10.6 Å². The Morgan fingerprint density at radius 3 is 2.88 bits per heavy atom. The number of anilines is 2. The number of hydrogen-bond donors (Lipinski definition) is 1. The Labute approximate surface area is 101 Å². The number of aromatic nitrogens is 2. The summed E-state index contributed by atoms with van der Waals surface area (Å²) in [5.41, 5.74) is 5.80. The van der Waals surface area contributed by atoms with Crippen molar-refractivity contribution in [3.8, 4) is 6.07 Å². The quantitative estimate of drug-likeness (QED) is 0.834. The van der Waals surface area contributed by atoms with E-state index in [9.17, 15) is 0 Å². The minimum absolute atomic E-state index is 0.493. The van der Waals surface area contributed by atoms with Crippen molar-refractivity contribution in [2.24, 2.45) is 0 Å². The molecule has 1 fully saturated rings. The molecular weight excluding hydrogens is 214 g/mol. The van der Waals surface area contributed by atoms with Crippen LogP contribution in [0.1, 0.15) is 37.9 Å². The normalized spacial score (nSPS) is 14.4. The molecule has 0 saturated heterocycles. The van der Waals surface area contributed by atoms with Gasteiger partial charge in [0, 0.05) is 25.1 Å². The first kappa shape index (κ1) is 11.6. The van der Waals surface area contributed by atoms with Gasteiger partial charge in [-0.05, 0) is 19.8 Å². The van der Waals surface area contributed by atoms with Gasteiger partial charge < -0.3 is 10.6 Å². The number of rotatable bonds is 5. The summed E-state index contributed by atoms with van der Waals surface area (Å²) in [7, 11) is 0. The van der Waals surface area contributed by atoms with Crippen LogP contribution in [0.15, 0.2) is 6.07 Å². The molecule has 0 atom stereocenters. The molecule has 0 bridgehead atoms. The molecule has 2 rings (SSSR count). The fourth-order valence-electron chi connectivity index (χ4n) is 1.78. The standard InChI is InChI=1S/C12H17N5/c1-2-17(7-3-6-13)11-8-10(14)15-12(16-11)9-4-5-9/h8-9H,2-5,7H2,1H3,(H2,14,15,16). The van der Waals surface area contributed by atoms with Gasteiger partial charge in [-0.25, -0.2) is 9.97 Å². The Kier molecular flexibility index (Phi) is 3.43. The highest BCUT2D eigenvalue weighted by molar-refractivity contribution is 5.47. The van der Waals surface area contributed by atoms with Crippen molar-refractivity contribution in [1.29, 1.82) is 5.26 Å². The summed E-state index contributed by atoms with van der Waals surface area (Å²) in [5.74, 6) is 2.71. The van der Waals surface area contributed by atoms with Gasteiger partial charge in [-0.3, -0.25) is 0 Å². The van der Waals surface area contributed by atoms with Crippen molar-refractivity contribution in [3.63, 3.8) is 0 Å². The Balaban J connectivity index is 2.20. The van der Waals surface area contributed by atoms with Crippen LogP contribution in [0.5, 0.6) is 0 Å². The van der Waals surface area contributed by atoms with Gasteiger partial charge in [0.25, 0.3) is 0 Å². The molecule has 1 aromatic heterocycles. The molecule has 90 valence electrons. The van der Waals surface area contributed by atoms with Crippen LogP contribution in [0, 0.1) is 11.3 Å². The third kappa shape index (κ3) is 2.84. The lowest BCUT2D eigenvalue weighted by Crippen LogP contribution is -2.25. The minimum atomic E-state index is 0.493. The second kappa shape index (κ2) is 5.00. The molecule has 0 unspecified atom stereocenters. The van der Waals surface area contributed by atoms with Gasteiger partial charge in [0.05, 0.1) is 12.5 Å². The number of nitrogens with zero attached hydrogens (tertiary/aromatic N) is 4. The minimum Gasteiger partial charge on any atom is -0.384 e. The predicted molar refractivity (Wildman–Crippen MR) is 66.5 cm³/mol. The molecule has 1 aromatic rings. The van der Waals surface area contributed by atoms with Crippen molar-refractivity contribution in [3.05, 3.63) is 11.9 Å². The van der Waals surface area contributed by atoms with Crippen molar-refractivity contribution in [2.75, 3.05) is 23.7 Å². The first-order chi connectivity index (χ1) is 8.24. The molecule has 1 heterocycles. The molecule has 2 N–H and O–H groups in total. The third-order valence-corrected chi connectivity index (χ3v) is 2.89. The maximum atomic E-state index is 8.63. The van der Waals surface area contributed by atoms with Gasteiger partial charge in [-0.1, -0.05) is 0 Å². The zero-order chi connectivity index (χ0) is 12.3. The lowest BCUT2D eigenvalue weighted by Gasteiger charge is -2.21. The van der Waals surface area contributed by atoms with E-state index in [0.29, 0.717) is 24.7 Å². The molecule has 5 nitrogen and oxygen atoms in total. The van der Waals surface area contributed by atoms with E-state index in [-0.39, 0.29) is 0 Å². The monoisotopic (exact) mass is 231 g/mol. The van der Waals surface area contributed by atoms with E-state index in [0.717, 1.165) is 31.0 Å². The summed E-state index contributed by atoms with van der Waals surface area (Å²) >= 11 is 0. The molecule has 5 heteroatoms. The largest absolute Gasteiger partial charge is 0.384 e. The van der Waals surface area contributed by atoms with E-state index >= 15 is 0 Å². The lowest BCUT2D eigenvalue weighted by molar-refractivity contribution is 0.795. The average Bonchev–Trinajstić information content (AvgIpc) is 3.13. The first-order valence-electron chi connectivity index (χ1n) is 6.01. The number of hydrogen-bond acceptors (Lipinski definition) is 5. The summed E-state index contributed by atoms with van der Waals surface area (Å²) in [6, 6.07) is 3.93. The summed E-state index contributed by atoms with van der Waals surface area (Å²) in [6.07, 6.45) is 2.82. The van der Waals surface area contributed by atoms with Crippen molar-refractivity contribution in [2.45, 2.75) is 32.1 Å². The average molecular weight is 231 g/mol. The zero-order valence-corrected chi connectivity index (χ0v) is 10.1. The summed E-state index contributed by atoms with van der Waals surface area (Å²) in [5, 5.41) is 8.63. The summed E-state index contributed by atoms with van der Waals surface area (Å²) in [6.45, 7) is 3.56. The van der Waals surface area contributed by atoms with E-state index in [1.165, 1.54) is 0 Å². The maximum Gasteiger partial charge on any atom is 0.136 e. The summed E-state index contributed by atoms with van der Waals surface area (Å²) < 4.78 is 0. The number of nitriles is 1. The van der Waals surface area contributed by atoms with Crippen molar-refractivity contribution in [1.82, 2.24) is 9.97 Å². The Hall–Kier alpha value is -1.83. The van der Waals surface area contributed by atoms with E-state index in [1.54, 1.807) is 6.07 Å². The van der Waals surface area contributed by atoms with Crippen LogP contribution in [0.3, 0.4) is 0 Å². The molecule has 1 saturated carbocycles. The Bertz CT molecular complexity index is 433. The number of nitrogens with two attached hydrogens (primary N) is 1. The molecule has 1 aliphatic rings. The molecule has 0 spiro atoms. The fourth-order valence-corrected chi connectivity index (χ4v) is 1.78. The van der Waals surface area contributed by atoms with E-state index < -0.39 is 0 Å². The van der Waals surface area contributed by atoms with E-state index in [1.807, 2.05) is 6.92 Å². The second-order valence-electron chi connectivity index (χ2n) is 4.27. The van der Waals surface area contributed by atoms with Crippen LogP contribution in [0.2, 0.25) is 0 Å². The van der Waals surface area contributed by atoms with Crippen LogP contribution in [-0.4, -0.2) is 23.1 Å². The highest BCUT2D eigenvalue weighted by Gasteiger charge is 2.27. The predicted octanol–water partition coefficient (Wildman–Crippen LogP) is 1.68. The SMILES string of the molecule is CCN(CCC#N)c1cc(N)nc(C2CC2)n1. The lowest BCUT2D eigenvalue weighted by atomic mass is 10.3. The Morgan fingerprint density at radius 1 is 1.53 bits per heavy atom. The highest BCUT2D eigenvalue weighted by atomic mass is 15.2. The molecule has 1 aliphatic carbocycles. The molecule has 0 aromatic carbocycles. The van der Waals surface area contributed by atoms with Gasteiger partial charge >= 0.3 is 0 Å².